The van der Waals surface area contributed by atoms with E-state index in [0.717, 1.165) is 28.0 Å². The molecule has 2 aromatic heterocycles. The van der Waals surface area contributed by atoms with Crippen molar-refractivity contribution in [3.63, 3.8) is 0 Å². The van der Waals surface area contributed by atoms with Crippen molar-refractivity contribution in [2.24, 2.45) is 14.1 Å². The Hall–Kier alpha value is -1.30. The molecule has 0 saturated heterocycles. The Morgan fingerprint density at radius 3 is 2.71 bits per heavy atom. The van der Waals surface area contributed by atoms with Crippen LogP contribution in [0.4, 0.5) is 0 Å². The lowest BCUT2D eigenvalue weighted by Gasteiger charge is -2.04. The molecule has 0 unspecified atom stereocenters. The number of hydrogen-bond acceptors (Lipinski definition) is 3. The average Bonchev–Trinajstić information content (AvgIpc) is 2.82. The van der Waals surface area contributed by atoms with Crippen LogP contribution in [0.25, 0.3) is 0 Å². The maximum absolute atomic E-state index is 5.66. The van der Waals surface area contributed by atoms with Crippen molar-refractivity contribution < 1.29 is 4.74 Å². The predicted octanol–water partition coefficient (Wildman–Crippen LogP) is 2.06. The number of aromatic nitrogens is 4. The molecule has 0 bridgehead atoms. The van der Waals surface area contributed by atoms with Crippen LogP contribution in [0.2, 0.25) is 0 Å². The Morgan fingerprint density at radius 2 is 2.18 bits per heavy atom. The van der Waals surface area contributed by atoms with Gasteiger partial charge in [-0.25, -0.2) is 0 Å². The second-order valence-corrected chi connectivity index (χ2v) is 4.62. The summed E-state index contributed by atoms with van der Waals surface area (Å²) in [6.07, 6.45) is 4.44. The average molecular weight is 299 g/mol. The van der Waals surface area contributed by atoms with Crippen molar-refractivity contribution in [3.05, 3.63) is 28.3 Å². The monoisotopic (exact) mass is 298 g/mol. The van der Waals surface area contributed by atoms with Crippen molar-refractivity contribution in [3.8, 4) is 5.75 Å². The molecule has 17 heavy (non-hydrogen) atoms. The Labute approximate surface area is 109 Å². The van der Waals surface area contributed by atoms with E-state index < -0.39 is 0 Å². The van der Waals surface area contributed by atoms with Crippen LogP contribution < -0.4 is 4.74 Å². The summed E-state index contributed by atoms with van der Waals surface area (Å²) in [6.45, 7) is 2.56. The quantitative estimate of drug-likeness (QED) is 0.868. The van der Waals surface area contributed by atoms with E-state index in [1.807, 2.05) is 25.0 Å². The first-order chi connectivity index (χ1) is 8.11. The summed E-state index contributed by atoms with van der Waals surface area (Å²) in [5.41, 5.74) is 2.09. The van der Waals surface area contributed by atoms with E-state index in [9.17, 15) is 0 Å². The Kier molecular flexibility index (Phi) is 3.51. The second kappa shape index (κ2) is 4.91. The molecule has 92 valence electrons. The fourth-order valence-electron chi connectivity index (χ4n) is 1.60. The van der Waals surface area contributed by atoms with Gasteiger partial charge in [-0.2, -0.15) is 10.2 Å². The van der Waals surface area contributed by atoms with Gasteiger partial charge in [0.1, 0.15) is 6.61 Å². The molecule has 0 aliphatic rings. The highest BCUT2D eigenvalue weighted by Crippen LogP contribution is 2.22. The molecule has 2 heterocycles. The van der Waals surface area contributed by atoms with Crippen LogP contribution in [0.5, 0.6) is 5.75 Å². The van der Waals surface area contributed by atoms with Gasteiger partial charge >= 0.3 is 0 Å². The lowest BCUT2D eigenvalue weighted by Crippen LogP contribution is -2.03. The Morgan fingerprint density at radius 1 is 1.41 bits per heavy atom. The minimum Gasteiger partial charge on any atom is -0.484 e. The van der Waals surface area contributed by atoms with E-state index >= 15 is 0 Å². The van der Waals surface area contributed by atoms with Gasteiger partial charge in [-0.3, -0.25) is 9.36 Å². The summed E-state index contributed by atoms with van der Waals surface area (Å²) in [4.78, 5) is 0. The maximum atomic E-state index is 5.66. The molecule has 0 spiro atoms. The molecule has 5 nitrogen and oxygen atoms in total. The van der Waals surface area contributed by atoms with Gasteiger partial charge in [0.15, 0.2) is 5.75 Å². The van der Waals surface area contributed by atoms with E-state index in [0.29, 0.717) is 6.61 Å². The molecule has 0 aliphatic carbocycles. The summed E-state index contributed by atoms with van der Waals surface area (Å²) >= 11 is 3.56. The van der Waals surface area contributed by atoms with Crippen LogP contribution in [0.1, 0.15) is 18.3 Å². The second-order valence-electron chi connectivity index (χ2n) is 3.82. The van der Waals surface area contributed by atoms with Gasteiger partial charge in [-0.1, -0.05) is 6.92 Å². The van der Waals surface area contributed by atoms with Crippen LogP contribution in [-0.4, -0.2) is 19.6 Å². The molecule has 2 rings (SSSR count). The zero-order chi connectivity index (χ0) is 12.4. The summed E-state index contributed by atoms with van der Waals surface area (Å²) in [6, 6.07) is 0. The molecule has 0 fully saturated rings. The number of rotatable bonds is 4. The molecule has 0 amide bonds. The molecule has 0 saturated carbocycles. The van der Waals surface area contributed by atoms with Crippen molar-refractivity contribution in [2.45, 2.75) is 20.0 Å². The van der Waals surface area contributed by atoms with Gasteiger partial charge < -0.3 is 4.74 Å². The van der Waals surface area contributed by atoms with Gasteiger partial charge in [-0.15, -0.1) is 0 Å². The lowest BCUT2D eigenvalue weighted by atomic mass is 10.3. The summed E-state index contributed by atoms with van der Waals surface area (Å²) < 4.78 is 10.3. The first-order valence-corrected chi connectivity index (χ1v) is 6.22. The first-order valence-electron chi connectivity index (χ1n) is 5.43. The number of halogens is 1. The van der Waals surface area contributed by atoms with Crippen LogP contribution in [-0.2, 0) is 27.1 Å². The molecule has 6 heteroatoms. The number of ether oxygens (including phenoxy) is 1. The van der Waals surface area contributed by atoms with Crippen molar-refractivity contribution in [2.75, 3.05) is 0 Å². The number of hydrogen-bond donors (Lipinski definition) is 0. The zero-order valence-electron chi connectivity index (χ0n) is 10.1. The highest BCUT2D eigenvalue weighted by Gasteiger charge is 2.13. The standard InChI is InChI=1S/C11H15BrN4O/c1-4-9-11(12)10(16(3)14-9)7-17-8-5-13-15(2)6-8/h5-6H,4,7H2,1-3H3. The molecule has 0 N–H and O–H groups in total. The van der Waals surface area contributed by atoms with Gasteiger partial charge in [0.05, 0.1) is 28.3 Å². The fourth-order valence-corrected chi connectivity index (χ4v) is 2.33. The minimum absolute atomic E-state index is 0.482. The lowest BCUT2D eigenvalue weighted by molar-refractivity contribution is 0.294. The molecule has 2 aromatic rings. The molecule has 0 atom stereocenters. The van der Waals surface area contributed by atoms with Gasteiger partial charge in [-0.05, 0) is 22.4 Å². The maximum Gasteiger partial charge on any atom is 0.157 e. The minimum atomic E-state index is 0.482. The van der Waals surface area contributed by atoms with Crippen molar-refractivity contribution in [1.82, 2.24) is 19.6 Å². The van der Waals surface area contributed by atoms with E-state index in [1.54, 1.807) is 10.9 Å². The molecule has 0 radical (unpaired) electrons. The van der Waals surface area contributed by atoms with E-state index in [-0.39, 0.29) is 0 Å². The topological polar surface area (TPSA) is 44.9 Å². The first kappa shape index (κ1) is 12.2. The molecule has 0 aromatic carbocycles. The highest BCUT2D eigenvalue weighted by molar-refractivity contribution is 9.10. The van der Waals surface area contributed by atoms with Gasteiger partial charge in [0.2, 0.25) is 0 Å². The van der Waals surface area contributed by atoms with Crippen LogP contribution in [0.15, 0.2) is 16.9 Å². The highest BCUT2D eigenvalue weighted by atomic mass is 79.9. The van der Waals surface area contributed by atoms with Crippen molar-refractivity contribution in [1.29, 1.82) is 0 Å². The largest absolute Gasteiger partial charge is 0.484 e. The Balaban J connectivity index is 2.11. The van der Waals surface area contributed by atoms with Crippen molar-refractivity contribution >= 4 is 15.9 Å². The summed E-state index contributed by atoms with van der Waals surface area (Å²) in [5, 5.41) is 8.47. The predicted molar refractivity (Wildman–Crippen MR) is 67.8 cm³/mol. The van der Waals surface area contributed by atoms with Crippen LogP contribution in [0, 0.1) is 0 Å². The normalized spacial score (nSPS) is 10.8. The summed E-state index contributed by atoms with van der Waals surface area (Å²) in [7, 11) is 3.79. The molecule has 0 aliphatic heterocycles. The third-order valence-corrected chi connectivity index (χ3v) is 3.48. The third kappa shape index (κ3) is 2.52. The summed E-state index contributed by atoms with van der Waals surface area (Å²) in [5.74, 6) is 0.763. The fraction of sp³-hybridized carbons (Fsp3) is 0.455. The van der Waals surface area contributed by atoms with Crippen LogP contribution >= 0.6 is 15.9 Å². The number of aryl methyl sites for hydroxylation is 3. The zero-order valence-corrected chi connectivity index (χ0v) is 11.7. The number of nitrogens with zero attached hydrogens (tertiary/aromatic N) is 4. The van der Waals surface area contributed by atoms with E-state index in [4.69, 9.17) is 4.74 Å². The third-order valence-electron chi connectivity index (χ3n) is 2.56. The van der Waals surface area contributed by atoms with Gasteiger partial charge in [0, 0.05) is 14.1 Å². The Bertz CT molecular complexity index is 518. The van der Waals surface area contributed by atoms with E-state index in [2.05, 4.69) is 33.1 Å². The van der Waals surface area contributed by atoms with E-state index in [1.165, 1.54) is 0 Å². The van der Waals surface area contributed by atoms with Crippen LogP contribution in [0.3, 0.4) is 0 Å². The molecular weight excluding hydrogens is 284 g/mol. The van der Waals surface area contributed by atoms with Gasteiger partial charge in [0.25, 0.3) is 0 Å². The smallest absolute Gasteiger partial charge is 0.157 e. The molecular formula is C11H15BrN4O. The SMILES string of the molecule is CCc1nn(C)c(COc2cnn(C)c2)c1Br.